The first-order valence-electron chi connectivity index (χ1n) is 15.9. The summed E-state index contributed by atoms with van der Waals surface area (Å²) < 4.78 is 0. The number of nitrogens with one attached hydrogen (secondary N) is 2. The van der Waals surface area contributed by atoms with E-state index < -0.39 is 15.8 Å². The molecular weight excluding hydrogens is 594 g/mol. The zero-order valence-corrected chi connectivity index (χ0v) is 27.1. The van der Waals surface area contributed by atoms with Gasteiger partial charge in [-0.3, -0.25) is 0 Å². The SMILES string of the molecule is C1=Cc2cc3c(cc2C1)Nc1cc2c(cc1P(c1ccccc1)c1ccccc1Nc1ccccc1P3c1ccccc1)CC=C2. The van der Waals surface area contributed by atoms with Crippen molar-refractivity contribution in [3.8, 4) is 0 Å². The quantitative estimate of drug-likeness (QED) is 0.189. The zero-order chi connectivity index (χ0) is 30.5. The third-order valence-corrected chi connectivity index (χ3v) is 14.2. The van der Waals surface area contributed by atoms with E-state index in [1.165, 1.54) is 65.5 Å². The number of hydrogen-bond donors (Lipinski definition) is 2. The Bertz CT molecular complexity index is 2170. The highest BCUT2D eigenvalue weighted by Gasteiger charge is 2.29. The van der Waals surface area contributed by atoms with Crippen LogP contribution in [0.3, 0.4) is 0 Å². The maximum atomic E-state index is 4.13. The average Bonchev–Trinajstić information content (AvgIpc) is 3.76. The van der Waals surface area contributed by atoms with Gasteiger partial charge in [0.25, 0.3) is 0 Å². The summed E-state index contributed by atoms with van der Waals surface area (Å²) in [7, 11) is -1.80. The third-order valence-electron chi connectivity index (χ3n) is 9.12. The molecule has 2 N–H and O–H groups in total. The van der Waals surface area contributed by atoms with Crippen LogP contribution in [-0.4, -0.2) is 0 Å². The van der Waals surface area contributed by atoms with Crippen LogP contribution in [0.25, 0.3) is 12.2 Å². The molecule has 1 aliphatic heterocycles. The fourth-order valence-electron chi connectivity index (χ4n) is 6.97. The Morgan fingerprint density at radius 2 is 0.848 bits per heavy atom. The molecular formula is C42H32N2P2. The molecule has 46 heavy (non-hydrogen) atoms. The van der Waals surface area contributed by atoms with E-state index in [0.717, 1.165) is 24.2 Å². The van der Waals surface area contributed by atoms with Crippen molar-refractivity contribution in [2.24, 2.45) is 0 Å². The lowest BCUT2D eigenvalue weighted by atomic mass is 10.1. The van der Waals surface area contributed by atoms with E-state index in [4.69, 9.17) is 0 Å². The van der Waals surface area contributed by atoms with E-state index in [1.807, 2.05) is 0 Å². The van der Waals surface area contributed by atoms with Crippen molar-refractivity contribution in [3.05, 3.63) is 168 Å². The van der Waals surface area contributed by atoms with Crippen molar-refractivity contribution >= 4 is 82.6 Å². The Hall–Kier alpha value is -4.74. The monoisotopic (exact) mass is 626 g/mol. The lowest BCUT2D eigenvalue weighted by Crippen LogP contribution is -2.29. The van der Waals surface area contributed by atoms with Crippen molar-refractivity contribution in [2.75, 3.05) is 10.6 Å². The average molecular weight is 627 g/mol. The Labute approximate surface area is 273 Å². The first-order chi connectivity index (χ1) is 22.8. The molecule has 220 valence electrons. The van der Waals surface area contributed by atoms with Crippen LogP contribution >= 0.6 is 15.8 Å². The number of allylic oxidation sites excluding steroid dienone is 2. The van der Waals surface area contributed by atoms with Gasteiger partial charge in [0, 0.05) is 44.0 Å². The van der Waals surface area contributed by atoms with Gasteiger partial charge in [-0.05, 0) is 97.9 Å². The maximum Gasteiger partial charge on any atom is 0.0475 e. The Balaban J connectivity index is 1.38. The lowest BCUT2D eigenvalue weighted by molar-refractivity contribution is 1.31. The van der Waals surface area contributed by atoms with Crippen LogP contribution in [0.1, 0.15) is 22.3 Å². The molecule has 0 amide bonds. The smallest absolute Gasteiger partial charge is 0.0475 e. The second-order valence-electron chi connectivity index (χ2n) is 12.0. The number of anilines is 4. The molecule has 6 aromatic rings. The molecule has 6 aromatic carbocycles. The fraction of sp³-hybridized carbons (Fsp3) is 0.0476. The van der Waals surface area contributed by atoms with Gasteiger partial charge in [-0.1, -0.05) is 121 Å². The molecule has 0 saturated carbocycles. The molecule has 0 bridgehead atoms. The largest absolute Gasteiger partial charge is 0.354 e. The molecule has 0 fully saturated rings. The van der Waals surface area contributed by atoms with E-state index >= 15 is 0 Å². The number of hydrogen-bond acceptors (Lipinski definition) is 2. The topological polar surface area (TPSA) is 24.1 Å². The van der Waals surface area contributed by atoms with Gasteiger partial charge in [-0.25, -0.2) is 0 Å². The third kappa shape index (κ3) is 4.81. The highest BCUT2D eigenvalue weighted by Crippen LogP contribution is 2.45. The van der Waals surface area contributed by atoms with E-state index in [-0.39, 0.29) is 0 Å². The lowest BCUT2D eigenvalue weighted by Gasteiger charge is -2.30. The molecule has 0 radical (unpaired) electrons. The van der Waals surface area contributed by atoms with E-state index in [0.29, 0.717) is 0 Å². The predicted octanol–water partition coefficient (Wildman–Crippen LogP) is 8.14. The van der Waals surface area contributed by atoms with Crippen LogP contribution in [0.5, 0.6) is 0 Å². The Morgan fingerprint density at radius 1 is 0.391 bits per heavy atom. The summed E-state index contributed by atoms with van der Waals surface area (Å²) in [6.07, 6.45) is 11.1. The molecule has 9 rings (SSSR count). The van der Waals surface area contributed by atoms with E-state index in [1.54, 1.807) is 0 Å². The molecule has 2 unspecified atom stereocenters. The molecule has 0 aromatic heterocycles. The number of para-hydroxylation sites is 2. The molecule has 4 heteroatoms. The molecule has 2 atom stereocenters. The minimum atomic E-state index is -0.904. The predicted molar refractivity (Wildman–Crippen MR) is 202 cm³/mol. The van der Waals surface area contributed by atoms with Crippen molar-refractivity contribution < 1.29 is 0 Å². The highest BCUT2D eigenvalue weighted by molar-refractivity contribution is 7.81. The molecule has 2 nitrogen and oxygen atoms in total. The Kier molecular flexibility index (Phi) is 6.93. The van der Waals surface area contributed by atoms with Gasteiger partial charge in [0.2, 0.25) is 0 Å². The van der Waals surface area contributed by atoms with Gasteiger partial charge in [0.15, 0.2) is 0 Å². The van der Waals surface area contributed by atoms with Gasteiger partial charge >= 0.3 is 0 Å². The molecule has 2 aliphatic carbocycles. The van der Waals surface area contributed by atoms with Gasteiger partial charge in [-0.15, -0.1) is 0 Å². The summed E-state index contributed by atoms with van der Waals surface area (Å²) in [4.78, 5) is 0. The molecule has 0 saturated heterocycles. The normalized spacial score (nSPS) is 17.1. The molecule has 3 aliphatic rings. The van der Waals surface area contributed by atoms with Crippen LogP contribution in [-0.2, 0) is 12.8 Å². The fourth-order valence-corrected chi connectivity index (χ4v) is 12.0. The van der Waals surface area contributed by atoms with Crippen molar-refractivity contribution in [1.29, 1.82) is 0 Å². The van der Waals surface area contributed by atoms with Crippen LogP contribution < -0.4 is 42.5 Å². The number of rotatable bonds is 2. The molecule has 1 heterocycles. The minimum Gasteiger partial charge on any atom is -0.354 e. The summed E-state index contributed by atoms with van der Waals surface area (Å²) in [6.45, 7) is 0. The summed E-state index contributed by atoms with van der Waals surface area (Å²) in [5, 5.41) is 16.2. The zero-order valence-electron chi connectivity index (χ0n) is 25.3. The van der Waals surface area contributed by atoms with Gasteiger partial charge in [-0.2, -0.15) is 0 Å². The summed E-state index contributed by atoms with van der Waals surface area (Å²) in [5.41, 5.74) is 10.1. The van der Waals surface area contributed by atoms with Crippen molar-refractivity contribution in [1.82, 2.24) is 0 Å². The summed E-state index contributed by atoms with van der Waals surface area (Å²) in [6, 6.07) is 49.8. The van der Waals surface area contributed by atoms with Crippen molar-refractivity contribution in [3.63, 3.8) is 0 Å². The number of fused-ring (bicyclic) bond motifs is 6. The van der Waals surface area contributed by atoms with E-state index in [2.05, 4.69) is 168 Å². The van der Waals surface area contributed by atoms with Gasteiger partial charge in [0.05, 0.1) is 0 Å². The first-order valence-corrected chi connectivity index (χ1v) is 18.6. The van der Waals surface area contributed by atoms with Crippen LogP contribution in [0.4, 0.5) is 22.7 Å². The van der Waals surface area contributed by atoms with Gasteiger partial charge < -0.3 is 10.6 Å². The first kappa shape index (κ1) is 27.6. The maximum absolute atomic E-state index is 4.13. The van der Waals surface area contributed by atoms with Crippen LogP contribution in [0.15, 0.2) is 146 Å². The second kappa shape index (κ2) is 11.6. The standard InChI is InChI=1S/C42H32N2P2/c1-3-17-33(18-4-1)45-39-23-9-7-21-35(39)43-36-22-8-10-24-40(36)46(34-19-5-2-6-20-34)42-28-32-16-12-14-30(32)26-38(42)44-37-25-29-13-11-15-31(29)27-41(37)45/h1-13,16-28,43-44H,14-15H2. The summed E-state index contributed by atoms with van der Waals surface area (Å²) in [5.74, 6) is 0. The van der Waals surface area contributed by atoms with Crippen LogP contribution in [0.2, 0.25) is 0 Å². The van der Waals surface area contributed by atoms with Gasteiger partial charge in [0.1, 0.15) is 0 Å². The highest BCUT2D eigenvalue weighted by atomic mass is 31.1. The van der Waals surface area contributed by atoms with Crippen molar-refractivity contribution in [2.45, 2.75) is 12.8 Å². The number of benzene rings is 6. The minimum absolute atomic E-state index is 0.897. The summed E-state index contributed by atoms with van der Waals surface area (Å²) >= 11 is 0. The second-order valence-corrected chi connectivity index (χ2v) is 16.3. The Morgan fingerprint density at radius 3 is 1.46 bits per heavy atom. The van der Waals surface area contributed by atoms with Crippen LogP contribution in [0, 0.1) is 0 Å². The van der Waals surface area contributed by atoms with E-state index in [9.17, 15) is 0 Å². The molecule has 0 spiro atoms.